The van der Waals surface area contributed by atoms with E-state index in [1.54, 1.807) is 0 Å². The minimum atomic E-state index is -4.52. The number of anilines is 1. The van der Waals surface area contributed by atoms with Crippen molar-refractivity contribution >= 4 is 15.5 Å². The van der Waals surface area contributed by atoms with E-state index in [0.717, 1.165) is 12.1 Å². The first kappa shape index (κ1) is 15.8. The van der Waals surface area contributed by atoms with Gasteiger partial charge in [0.25, 0.3) is 0 Å². The molecule has 0 aliphatic rings. The van der Waals surface area contributed by atoms with Crippen molar-refractivity contribution in [1.82, 2.24) is 0 Å². The van der Waals surface area contributed by atoms with Crippen molar-refractivity contribution in [3.8, 4) is 0 Å². The van der Waals surface area contributed by atoms with Gasteiger partial charge in [0.15, 0.2) is 0 Å². The van der Waals surface area contributed by atoms with Gasteiger partial charge in [-0.15, -0.1) is 0 Å². The molecule has 0 fully saturated rings. The fourth-order valence-electron chi connectivity index (χ4n) is 1.34. The molecule has 0 amide bonds. The van der Waals surface area contributed by atoms with Crippen LogP contribution in [0, 0.1) is 5.92 Å². The largest absolute Gasteiger partial charge is 0.383 e. The Morgan fingerprint density at radius 3 is 2.16 bits per heavy atom. The van der Waals surface area contributed by atoms with Crippen molar-refractivity contribution in [3.63, 3.8) is 0 Å². The van der Waals surface area contributed by atoms with E-state index in [0.29, 0.717) is 18.2 Å². The number of alkyl halides is 2. The summed E-state index contributed by atoms with van der Waals surface area (Å²) < 4.78 is 47.1. The number of nitrogens with two attached hydrogens (primary N) is 1. The third-order valence-electron chi connectivity index (χ3n) is 2.82. The van der Waals surface area contributed by atoms with Crippen LogP contribution in [0.2, 0.25) is 0 Å². The molecule has 3 N–H and O–H groups in total. The quantitative estimate of drug-likeness (QED) is 0.842. The first-order valence-corrected chi connectivity index (χ1v) is 7.41. The average molecular weight is 292 g/mol. The van der Waals surface area contributed by atoms with Crippen molar-refractivity contribution in [2.24, 2.45) is 11.7 Å². The second-order valence-electron chi connectivity index (χ2n) is 4.62. The van der Waals surface area contributed by atoms with Gasteiger partial charge in [-0.25, -0.2) is 8.42 Å². The highest BCUT2D eigenvalue weighted by Crippen LogP contribution is 2.20. The van der Waals surface area contributed by atoms with Crippen LogP contribution in [0.3, 0.4) is 0 Å². The summed E-state index contributed by atoms with van der Waals surface area (Å²) >= 11 is 0. The maximum absolute atomic E-state index is 12.3. The van der Waals surface area contributed by atoms with Gasteiger partial charge in [0, 0.05) is 18.3 Å². The van der Waals surface area contributed by atoms with Gasteiger partial charge >= 0.3 is 5.76 Å². The Kier molecular flexibility index (Phi) is 5.25. The van der Waals surface area contributed by atoms with E-state index in [1.807, 2.05) is 13.8 Å². The second kappa shape index (κ2) is 6.29. The van der Waals surface area contributed by atoms with Crippen molar-refractivity contribution in [3.05, 3.63) is 24.3 Å². The molecule has 0 heterocycles. The third kappa shape index (κ3) is 4.14. The van der Waals surface area contributed by atoms with Crippen LogP contribution in [-0.4, -0.2) is 26.8 Å². The first-order chi connectivity index (χ1) is 8.75. The van der Waals surface area contributed by atoms with Gasteiger partial charge in [-0.2, -0.15) is 8.78 Å². The molecule has 0 spiro atoms. The Labute approximate surface area is 111 Å². The van der Waals surface area contributed by atoms with Gasteiger partial charge in [-0.3, -0.25) is 0 Å². The number of nitrogens with one attached hydrogen (secondary N) is 1. The molecule has 1 atom stereocenters. The Bertz CT molecular complexity index is 501. The summed E-state index contributed by atoms with van der Waals surface area (Å²) in [6.45, 7) is 4.51. The van der Waals surface area contributed by atoms with Crippen LogP contribution >= 0.6 is 0 Å². The Balaban J connectivity index is 2.73. The van der Waals surface area contributed by atoms with E-state index in [4.69, 9.17) is 5.73 Å². The van der Waals surface area contributed by atoms with E-state index >= 15 is 0 Å². The van der Waals surface area contributed by atoms with Crippen LogP contribution in [0.4, 0.5) is 14.5 Å². The SMILES string of the molecule is CC(C)C(N)CNc1ccc(S(=O)(=O)C(F)F)cc1. The molecule has 0 bridgehead atoms. The molecule has 0 aliphatic heterocycles. The van der Waals surface area contributed by atoms with E-state index in [2.05, 4.69) is 5.32 Å². The summed E-state index contributed by atoms with van der Waals surface area (Å²) in [7, 11) is -4.52. The first-order valence-electron chi connectivity index (χ1n) is 5.86. The fraction of sp³-hybridized carbons (Fsp3) is 0.500. The molecule has 108 valence electrons. The van der Waals surface area contributed by atoms with E-state index in [-0.39, 0.29) is 10.9 Å². The summed E-state index contributed by atoms with van der Waals surface area (Å²) in [5.41, 5.74) is 6.49. The van der Waals surface area contributed by atoms with Gasteiger partial charge in [-0.05, 0) is 30.2 Å². The molecule has 0 radical (unpaired) electrons. The lowest BCUT2D eigenvalue weighted by Gasteiger charge is -2.17. The van der Waals surface area contributed by atoms with Crippen molar-refractivity contribution in [2.75, 3.05) is 11.9 Å². The van der Waals surface area contributed by atoms with Gasteiger partial charge in [0.05, 0.1) is 4.90 Å². The predicted molar refractivity (Wildman–Crippen MR) is 70.9 cm³/mol. The highest BCUT2D eigenvalue weighted by molar-refractivity contribution is 7.91. The number of benzene rings is 1. The fourth-order valence-corrected chi connectivity index (χ4v) is 2.06. The zero-order chi connectivity index (χ0) is 14.6. The van der Waals surface area contributed by atoms with E-state index in [1.165, 1.54) is 12.1 Å². The molecule has 1 aromatic rings. The second-order valence-corrected chi connectivity index (χ2v) is 6.54. The Hall–Kier alpha value is -1.21. The number of hydrogen-bond donors (Lipinski definition) is 2. The summed E-state index contributed by atoms with van der Waals surface area (Å²) in [6, 6.07) is 5.17. The average Bonchev–Trinajstić information content (AvgIpc) is 2.36. The molecular weight excluding hydrogens is 274 g/mol. The van der Waals surface area contributed by atoms with Crippen LogP contribution < -0.4 is 11.1 Å². The van der Waals surface area contributed by atoms with Crippen LogP contribution in [0.15, 0.2) is 29.2 Å². The van der Waals surface area contributed by atoms with Gasteiger partial charge < -0.3 is 11.1 Å². The zero-order valence-electron chi connectivity index (χ0n) is 10.8. The predicted octanol–water partition coefficient (Wildman–Crippen LogP) is 2.08. The monoisotopic (exact) mass is 292 g/mol. The summed E-state index contributed by atoms with van der Waals surface area (Å²) in [5, 5.41) is 3.03. The standard InChI is InChI=1S/C12H18F2N2O2S/c1-8(2)11(15)7-16-9-3-5-10(6-4-9)19(17,18)12(13)14/h3-6,8,11-12,16H,7,15H2,1-2H3. The third-order valence-corrected chi connectivity index (χ3v) is 4.21. The molecule has 4 nitrogen and oxygen atoms in total. The molecule has 0 saturated heterocycles. The lowest BCUT2D eigenvalue weighted by atomic mass is 10.1. The Morgan fingerprint density at radius 2 is 1.74 bits per heavy atom. The molecule has 0 aromatic heterocycles. The van der Waals surface area contributed by atoms with Crippen LogP contribution in [0.5, 0.6) is 0 Å². The summed E-state index contributed by atoms with van der Waals surface area (Å²) in [4.78, 5) is -0.388. The molecule has 7 heteroatoms. The van der Waals surface area contributed by atoms with Crippen molar-refractivity contribution < 1.29 is 17.2 Å². The molecule has 19 heavy (non-hydrogen) atoms. The summed E-state index contributed by atoms with van der Waals surface area (Å²) in [5.74, 6) is -3.09. The highest BCUT2D eigenvalue weighted by Gasteiger charge is 2.26. The lowest BCUT2D eigenvalue weighted by Crippen LogP contribution is -2.33. The maximum atomic E-state index is 12.3. The number of rotatable bonds is 6. The number of sulfone groups is 1. The van der Waals surface area contributed by atoms with E-state index < -0.39 is 15.6 Å². The minimum Gasteiger partial charge on any atom is -0.383 e. The maximum Gasteiger partial charge on any atom is 0.341 e. The minimum absolute atomic E-state index is 0.0375. The molecule has 1 aromatic carbocycles. The van der Waals surface area contributed by atoms with Crippen molar-refractivity contribution in [1.29, 1.82) is 0 Å². The molecule has 0 saturated carbocycles. The molecule has 1 rings (SSSR count). The smallest absolute Gasteiger partial charge is 0.341 e. The van der Waals surface area contributed by atoms with Crippen molar-refractivity contribution in [2.45, 2.75) is 30.5 Å². The van der Waals surface area contributed by atoms with Gasteiger partial charge in [0.2, 0.25) is 9.84 Å². The zero-order valence-corrected chi connectivity index (χ0v) is 11.6. The molecular formula is C12H18F2N2O2S. The summed E-state index contributed by atoms with van der Waals surface area (Å²) in [6.07, 6.45) is 0. The highest BCUT2D eigenvalue weighted by atomic mass is 32.2. The normalized spacial score (nSPS) is 13.8. The number of hydrogen-bond acceptors (Lipinski definition) is 4. The molecule has 0 aliphatic carbocycles. The topological polar surface area (TPSA) is 72.2 Å². The lowest BCUT2D eigenvalue weighted by molar-refractivity contribution is 0.234. The van der Waals surface area contributed by atoms with Crippen LogP contribution in [-0.2, 0) is 9.84 Å². The van der Waals surface area contributed by atoms with Gasteiger partial charge in [-0.1, -0.05) is 13.8 Å². The van der Waals surface area contributed by atoms with E-state index in [9.17, 15) is 17.2 Å². The molecule has 1 unspecified atom stereocenters. The Morgan fingerprint density at radius 1 is 1.21 bits per heavy atom. The van der Waals surface area contributed by atoms with Gasteiger partial charge in [0.1, 0.15) is 0 Å². The number of halogens is 2. The van der Waals surface area contributed by atoms with Crippen LogP contribution in [0.1, 0.15) is 13.8 Å². The van der Waals surface area contributed by atoms with Crippen LogP contribution in [0.25, 0.3) is 0 Å².